The molecule has 1 heterocycles. The minimum Gasteiger partial charge on any atom is -0.266 e. The van der Waals surface area contributed by atoms with Crippen LogP contribution in [0, 0.1) is 0 Å². The predicted molar refractivity (Wildman–Crippen MR) is 121 cm³/mol. The summed E-state index contributed by atoms with van der Waals surface area (Å²) in [6, 6.07) is 16.1. The van der Waals surface area contributed by atoms with E-state index in [1.165, 1.54) is 12.1 Å². The molecule has 0 saturated heterocycles. The molecular formula is C23H12Cl3F3N2O. The monoisotopic (exact) mass is 494 g/mol. The standard InChI is InChI=1S/C23H12Cl3F3N2O/c24-16-8-6-14(18(26)12-16)10-19-22(32)31(21(30-19)13-4-2-1-3-5-13)20-11-15(23(27,28)29)7-9-17(20)25/h1-12H. The van der Waals surface area contributed by atoms with E-state index in [9.17, 15) is 18.0 Å². The van der Waals surface area contributed by atoms with Crippen molar-refractivity contribution in [1.82, 2.24) is 0 Å². The van der Waals surface area contributed by atoms with E-state index in [4.69, 9.17) is 34.8 Å². The molecule has 1 aliphatic rings. The highest BCUT2D eigenvalue weighted by molar-refractivity contribution is 6.39. The van der Waals surface area contributed by atoms with E-state index in [0.717, 1.165) is 23.1 Å². The normalized spacial score (nSPS) is 15.4. The zero-order valence-electron chi connectivity index (χ0n) is 16.0. The lowest BCUT2D eigenvalue weighted by atomic mass is 10.1. The summed E-state index contributed by atoms with van der Waals surface area (Å²) < 4.78 is 40.0. The molecule has 4 rings (SSSR count). The summed E-state index contributed by atoms with van der Waals surface area (Å²) in [6.45, 7) is 0. The van der Waals surface area contributed by atoms with Gasteiger partial charge in [0.05, 0.1) is 16.3 Å². The van der Waals surface area contributed by atoms with Crippen molar-refractivity contribution in [3.05, 3.63) is 104 Å². The van der Waals surface area contributed by atoms with Gasteiger partial charge < -0.3 is 0 Å². The SMILES string of the molecule is O=C1C(=Cc2ccc(Cl)cc2Cl)N=C(c2ccccc2)N1c1cc(C(F)(F)F)ccc1Cl. The number of hydrogen-bond donors (Lipinski definition) is 0. The molecule has 0 spiro atoms. The molecule has 3 aromatic carbocycles. The topological polar surface area (TPSA) is 32.7 Å². The molecule has 0 aliphatic carbocycles. The first-order valence-electron chi connectivity index (χ1n) is 9.17. The van der Waals surface area contributed by atoms with Gasteiger partial charge in [0.2, 0.25) is 0 Å². The van der Waals surface area contributed by atoms with E-state index in [1.807, 2.05) is 0 Å². The van der Waals surface area contributed by atoms with Crippen LogP contribution in [0.2, 0.25) is 15.1 Å². The maximum Gasteiger partial charge on any atom is 0.416 e. The van der Waals surface area contributed by atoms with E-state index < -0.39 is 17.6 Å². The maximum absolute atomic E-state index is 13.3. The summed E-state index contributed by atoms with van der Waals surface area (Å²) >= 11 is 18.4. The minimum absolute atomic E-state index is 0.0125. The second kappa shape index (κ2) is 8.62. The van der Waals surface area contributed by atoms with Gasteiger partial charge in [-0.3, -0.25) is 9.69 Å². The number of rotatable bonds is 3. The van der Waals surface area contributed by atoms with Gasteiger partial charge in [-0.2, -0.15) is 13.2 Å². The molecule has 1 aliphatic heterocycles. The van der Waals surface area contributed by atoms with Crippen LogP contribution in [0.15, 0.2) is 77.4 Å². The van der Waals surface area contributed by atoms with Crippen LogP contribution >= 0.6 is 34.8 Å². The number of alkyl halides is 3. The van der Waals surface area contributed by atoms with Gasteiger partial charge in [-0.25, -0.2) is 4.99 Å². The Morgan fingerprint density at radius 2 is 1.59 bits per heavy atom. The molecular weight excluding hydrogens is 484 g/mol. The largest absolute Gasteiger partial charge is 0.416 e. The van der Waals surface area contributed by atoms with E-state index in [-0.39, 0.29) is 22.2 Å². The van der Waals surface area contributed by atoms with Gasteiger partial charge in [-0.15, -0.1) is 0 Å². The second-order valence-electron chi connectivity index (χ2n) is 6.80. The highest BCUT2D eigenvalue weighted by Crippen LogP contribution is 2.38. The van der Waals surface area contributed by atoms with Gasteiger partial charge in [0.25, 0.3) is 5.91 Å². The molecule has 0 aromatic heterocycles. The van der Waals surface area contributed by atoms with Crippen molar-refractivity contribution in [2.75, 3.05) is 4.90 Å². The van der Waals surface area contributed by atoms with Gasteiger partial charge in [-0.05, 0) is 42.0 Å². The fraction of sp³-hybridized carbons (Fsp3) is 0.0435. The molecule has 0 atom stereocenters. The molecule has 3 nitrogen and oxygen atoms in total. The average Bonchev–Trinajstić information content (AvgIpc) is 3.06. The lowest BCUT2D eigenvalue weighted by molar-refractivity contribution is -0.137. The molecule has 0 fully saturated rings. The van der Waals surface area contributed by atoms with Crippen molar-refractivity contribution >= 4 is 58.3 Å². The first-order chi connectivity index (χ1) is 15.1. The lowest BCUT2D eigenvalue weighted by Crippen LogP contribution is -2.33. The number of benzene rings is 3. The van der Waals surface area contributed by atoms with Crippen LogP contribution in [0.3, 0.4) is 0 Å². The van der Waals surface area contributed by atoms with Crippen molar-refractivity contribution in [3.8, 4) is 0 Å². The molecule has 3 aromatic rings. The Morgan fingerprint density at radius 3 is 2.25 bits per heavy atom. The number of amides is 1. The first kappa shape index (κ1) is 22.4. The number of carbonyl (C=O) groups is 1. The summed E-state index contributed by atoms with van der Waals surface area (Å²) in [5.74, 6) is -0.496. The van der Waals surface area contributed by atoms with E-state index in [0.29, 0.717) is 21.2 Å². The van der Waals surface area contributed by atoms with Crippen LogP contribution in [0.4, 0.5) is 18.9 Å². The second-order valence-corrected chi connectivity index (χ2v) is 8.05. The minimum atomic E-state index is -4.61. The number of anilines is 1. The van der Waals surface area contributed by atoms with Crippen LogP contribution in [0.25, 0.3) is 6.08 Å². The third-order valence-corrected chi connectivity index (χ3v) is 5.54. The summed E-state index contributed by atoms with van der Waals surface area (Å²) in [6.07, 6.45) is -3.16. The van der Waals surface area contributed by atoms with Crippen LogP contribution in [0.1, 0.15) is 16.7 Å². The van der Waals surface area contributed by atoms with Crippen LogP contribution < -0.4 is 4.90 Å². The Labute approximate surface area is 196 Å². The predicted octanol–water partition coefficient (Wildman–Crippen LogP) is 7.50. The third-order valence-electron chi connectivity index (χ3n) is 4.66. The van der Waals surface area contributed by atoms with Crippen molar-refractivity contribution < 1.29 is 18.0 Å². The molecule has 0 radical (unpaired) electrons. The van der Waals surface area contributed by atoms with Crippen LogP contribution in [-0.4, -0.2) is 11.7 Å². The van der Waals surface area contributed by atoms with Gasteiger partial charge in [-0.1, -0.05) is 71.2 Å². The third kappa shape index (κ3) is 4.39. The average molecular weight is 496 g/mol. The Bertz CT molecular complexity index is 1270. The van der Waals surface area contributed by atoms with Crippen molar-refractivity contribution in [2.45, 2.75) is 6.18 Å². The van der Waals surface area contributed by atoms with Crippen molar-refractivity contribution in [3.63, 3.8) is 0 Å². The Morgan fingerprint density at radius 1 is 0.875 bits per heavy atom. The molecule has 1 amide bonds. The van der Waals surface area contributed by atoms with Gasteiger partial charge in [0.15, 0.2) is 0 Å². The summed E-state index contributed by atoms with van der Waals surface area (Å²) in [5.41, 5.74) is -0.0657. The summed E-state index contributed by atoms with van der Waals surface area (Å²) in [7, 11) is 0. The fourth-order valence-electron chi connectivity index (χ4n) is 3.15. The summed E-state index contributed by atoms with van der Waals surface area (Å²) in [5, 5.41) is 0.686. The maximum atomic E-state index is 13.3. The van der Waals surface area contributed by atoms with E-state index in [1.54, 1.807) is 42.5 Å². The Kier molecular flexibility index (Phi) is 6.03. The van der Waals surface area contributed by atoms with Gasteiger partial charge >= 0.3 is 6.18 Å². The molecule has 0 saturated carbocycles. The van der Waals surface area contributed by atoms with E-state index >= 15 is 0 Å². The Balaban J connectivity index is 1.88. The van der Waals surface area contributed by atoms with E-state index in [2.05, 4.69) is 4.99 Å². The number of aliphatic imine (C=N–C) groups is 1. The van der Waals surface area contributed by atoms with Crippen molar-refractivity contribution in [2.24, 2.45) is 4.99 Å². The zero-order valence-corrected chi connectivity index (χ0v) is 18.3. The Hall–Kier alpha value is -2.80. The van der Waals surface area contributed by atoms with Gasteiger partial charge in [0, 0.05) is 15.6 Å². The number of halogens is 6. The van der Waals surface area contributed by atoms with Gasteiger partial charge in [0.1, 0.15) is 11.5 Å². The first-order valence-corrected chi connectivity index (χ1v) is 10.3. The number of amidine groups is 1. The van der Waals surface area contributed by atoms with Crippen LogP contribution in [0.5, 0.6) is 0 Å². The number of carbonyl (C=O) groups excluding carboxylic acids is 1. The van der Waals surface area contributed by atoms with Crippen LogP contribution in [-0.2, 0) is 11.0 Å². The highest BCUT2D eigenvalue weighted by atomic mass is 35.5. The van der Waals surface area contributed by atoms with Crippen molar-refractivity contribution in [1.29, 1.82) is 0 Å². The fourth-order valence-corrected chi connectivity index (χ4v) is 3.81. The molecule has 0 bridgehead atoms. The number of hydrogen-bond acceptors (Lipinski definition) is 2. The lowest BCUT2D eigenvalue weighted by Gasteiger charge is -2.21. The molecule has 9 heteroatoms. The smallest absolute Gasteiger partial charge is 0.266 e. The summed E-state index contributed by atoms with van der Waals surface area (Å²) in [4.78, 5) is 18.8. The highest BCUT2D eigenvalue weighted by Gasteiger charge is 2.37. The molecule has 32 heavy (non-hydrogen) atoms. The molecule has 162 valence electrons. The quantitative estimate of drug-likeness (QED) is 0.346. The zero-order chi connectivity index (χ0) is 23.0. The molecule has 0 unspecified atom stereocenters. The molecule has 0 N–H and O–H groups in total. The number of nitrogens with zero attached hydrogens (tertiary/aromatic N) is 2.